The Morgan fingerprint density at radius 1 is 0.952 bits per heavy atom. The summed E-state index contributed by atoms with van der Waals surface area (Å²) < 4.78 is 0. The van der Waals surface area contributed by atoms with Gasteiger partial charge in [-0.2, -0.15) is 0 Å². The molecule has 3 heteroatoms. The van der Waals surface area contributed by atoms with Crippen molar-refractivity contribution in [3.8, 4) is 0 Å². The van der Waals surface area contributed by atoms with E-state index in [-0.39, 0.29) is 5.54 Å². The molecule has 1 aliphatic rings. The number of unbranched alkanes of at least 4 members (excludes halogenated alkanes) is 7. The largest absolute Gasteiger partial charge is 0.370 e. The predicted octanol–water partition coefficient (Wildman–Crippen LogP) is 4.71. The zero-order chi connectivity index (χ0) is 15.6. The smallest absolute Gasteiger partial charge is 0.191 e. The highest BCUT2D eigenvalue weighted by molar-refractivity contribution is 5.80. The maximum atomic E-state index is 6.12. The second-order valence-corrected chi connectivity index (χ2v) is 6.86. The van der Waals surface area contributed by atoms with E-state index in [4.69, 9.17) is 5.73 Å². The van der Waals surface area contributed by atoms with Gasteiger partial charge in [-0.05, 0) is 19.8 Å². The average molecular weight is 296 g/mol. The molecule has 0 bridgehead atoms. The second kappa shape index (κ2) is 10.1. The van der Waals surface area contributed by atoms with E-state index >= 15 is 0 Å². The van der Waals surface area contributed by atoms with Gasteiger partial charge in [0.25, 0.3) is 0 Å². The Morgan fingerprint density at radius 2 is 1.48 bits per heavy atom. The van der Waals surface area contributed by atoms with Crippen molar-refractivity contribution in [2.45, 2.75) is 96.9 Å². The molecule has 1 unspecified atom stereocenters. The molecule has 1 heterocycles. The highest BCUT2D eigenvalue weighted by atomic mass is 15.3. The molecule has 0 amide bonds. The zero-order valence-electron chi connectivity index (χ0n) is 14.7. The van der Waals surface area contributed by atoms with Crippen molar-refractivity contribution in [2.24, 2.45) is 10.7 Å². The first-order chi connectivity index (χ1) is 10.1. The molecule has 0 fully saturated rings. The van der Waals surface area contributed by atoms with Crippen molar-refractivity contribution in [3.63, 3.8) is 0 Å². The summed E-state index contributed by atoms with van der Waals surface area (Å²) in [6.07, 6.45) is 14.6. The fourth-order valence-corrected chi connectivity index (χ4v) is 3.45. The van der Waals surface area contributed by atoms with Gasteiger partial charge in [0.1, 0.15) is 0 Å². The molecular weight excluding hydrogens is 258 g/mol. The van der Waals surface area contributed by atoms with Crippen LogP contribution in [0.3, 0.4) is 0 Å². The van der Waals surface area contributed by atoms with Crippen LogP contribution in [-0.4, -0.2) is 29.5 Å². The number of nitrogens with zero attached hydrogens (tertiary/aromatic N) is 2. The first-order valence-corrected chi connectivity index (χ1v) is 9.21. The normalized spacial score (nSPS) is 17.9. The summed E-state index contributed by atoms with van der Waals surface area (Å²) in [6.45, 7) is 8.86. The third-order valence-corrected chi connectivity index (χ3v) is 4.91. The SMILES string of the molecule is CCCCCCCC(C)(CCCCCC)N1CCN=C1N. The molecule has 124 valence electrons. The van der Waals surface area contributed by atoms with E-state index in [1.165, 1.54) is 70.6 Å². The van der Waals surface area contributed by atoms with Gasteiger partial charge in [0.15, 0.2) is 5.96 Å². The van der Waals surface area contributed by atoms with Crippen LogP contribution < -0.4 is 5.73 Å². The van der Waals surface area contributed by atoms with Crippen LogP contribution in [0.25, 0.3) is 0 Å². The first kappa shape index (κ1) is 18.3. The Labute approximate surface area is 132 Å². The number of hydrogen-bond acceptors (Lipinski definition) is 3. The van der Waals surface area contributed by atoms with E-state index < -0.39 is 0 Å². The van der Waals surface area contributed by atoms with Crippen molar-refractivity contribution in [3.05, 3.63) is 0 Å². The van der Waals surface area contributed by atoms with Crippen LogP contribution in [0.4, 0.5) is 0 Å². The summed E-state index contributed by atoms with van der Waals surface area (Å²) >= 11 is 0. The molecule has 0 spiro atoms. The summed E-state index contributed by atoms with van der Waals surface area (Å²) in [7, 11) is 0. The maximum absolute atomic E-state index is 6.12. The molecule has 0 saturated carbocycles. The number of hydrogen-bond donors (Lipinski definition) is 1. The Morgan fingerprint density at radius 3 is 1.95 bits per heavy atom. The Bertz CT molecular complexity index is 301. The molecule has 0 aromatic carbocycles. The predicted molar refractivity (Wildman–Crippen MR) is 93.7 cm³/mol. The Hall–Kier alpha value is -0.730. The molecule has 1 atom stereocenters. The molecule has 2 N–H and O–H groups in total. The fourth-order valence-electron chi connectivity index (χ4n) is 3.45. The standard InChI is InChI=1S/C18H37N3/c1-4-6-8-10-12-14-18(3,13-11-9-7-5-2)21-16-15-20-17(21)19/h4-16H2,1-3H3,(H2,19,20). The van der Waals surface area contributed by atoms with Gasteiger partial charge in [-0.25, -0.2) is 0 Å². The first-order valence-electron chi connectivity index (χ1n) is 9.21. The third-order valence-electron chi connectivity index (χ3n) is 4.91. The molecular formula is C18H37N3. The highest BCUT2D eigenvalue weighted by Gasteiger charge is 2.33. The van der Waals surface area contributed by atoms with Crippen molar-refractivity contribution < 1.29 is 0 Å². The van der Waals surface area contributed by atoms with Crippen molar-refractivity contribution in [2.75, 3.05) is 13.1 Å². The number of nitrogens with two attached hydrogens (primary N) is 1. The topological polar surface area (TPSA) is 41.6 Å². The second-order valence-electron chi connectivity index (χ2n) is 6.86. The van der Waals surface area contributed by atoms with Crippen molar-refractivity contribution >= 4 is 5.96 Å². The van der Waals surface area contributed by atoms with Gasteiger partial charge in [0.2, 0.25) is 0 Å². The molecule has 0 aliphatic carbocycles. The number of rotatable bonds is 12. The highest BCUT2D eigenvalue weighted by Crippen LogP contribution is 2.30. The summed E-state index contributed by atoms with van der Waals surface area (Å²) in [5.74, 6) is 0.779. The molecule has 0 aromatic rings. The molecule has 3 nitrogen and oxygen atoms in total. The van der Waals surface area contributed by atoms with Gasteiger partial charge in [0, 0.05) is 12.1 Å². The minimum absolute atomic E-state index is 0.226. The number of guanidine groups is 1. The summed E-state index contributed by atoms with van der Waals surface area (Å²) in [4.78, 5) is 6.79. The molecule has 0 radical (unpaired) electrons. The summed E-state index contributed by atoms with van der Waals surface area (Å²) in [6, 6.07) is 0. The minimum Gasteiger partial charge on any atom is -0.370 e. The van der Waals surface area contributed by atoms with Crippen molar-refractivity contribution in [1.82, 2.24) is 4.90 Å². The average Bonchev–Trinajstić information content (AvgIpc) is 2.90. The molecule has 1 rings (SSSR count). The lowest BCUT2D eigenvalue weighted by Gasteiger charge is -2.40. The molecule has 21 heavy (non-hydrogen) atoms. The van der Waals surface area contributed by atoms with E-state index in [1.54, 1.807) is 0 Å². The summed E-state index contributed by atoms with van der Waals surface area (Å²) in [5, 5.41) is 0. The lowest BCUT2D eigenvalue weighted by atomic mass is 9.86. The lowest BCUT2D eigenvalue weighted by Crippen LogP contribution is -2.51. The fraction of sp³-hybridized carbons (Fsp3) is 0.944. The Balaban J connectivity index is 2.46. The lowest BCUT2D eigenvalue weighted by molar-refractivity contribution is 0.167. The molecule has 0 aromatic heterocycles. The van der Waals surface area contributed by atoms with Gasteiger partial charge in [0.05, 0.1) is 6.54 Å². The van der Waals surface area contributed by atoms with Crippen LogP contribution in [0.5, 0.6) is 0 Å². The van der Waals surface area contributed by atoms with Gasteiger partial charge >= 0.3 is 0 Å². The third kappa shape index (κ3) is 6.27. The zero-order valence-corrected chi connectivity index (χ0v) is 14.7. The van der Waals surface area contributed by atoms with Crippen LogP contribution in [0.2, 0.25) is 0 Å². The monoisotopic (exact) mass is 295 g/mol. The van der Waals surface area contributed by atoms with Crippen LogP contribution in [0, 0.1) is 0 Å². The van der Waals surface area contributed by atoms with E-state index in [0.717, 1.165) is 19.0 Å². The van der Waals surface area contributed by atoms with E-state index in [0.29, 0.717) is 0 Å². The van der Waals surface area contributed by atoms with Crippen LogP contribution >= 0.6 is 0 Å². The van der Waals surface area contributed by atoms with E-state index in [1.807, 2.05) is 0 Å². The van der Waals surface area contributed by atoms with Crippen molar-refractivity contribution in [1.29, 1.82) is 0 Å². The Kier molecular flexibility index (Phi) is 8.79. The van der Waals surface area contributed by atoms with Gasteiger partial charge < -0.3 is 10.6 Å². The van der Waals surface area contributed by atoms with E-state index in [2.05, 4.69) is 30.7 Å². The maximum Gasteiger partial charge on any atom is 0.191 e. The minimum atomic E-state index is 0.226. The quantitative estimate of drug-likeness (QED) is 0.530. The van der Waals surface area contributed by atoms with Crippen LogP contribution in [0.1, 0.15) is 91.4 Å². The van der Waals surface area contributed by atoms with Crippen LogP contribution in [0.15, 0.2) is 4.99 Å². The molecule has 1 aliphatic heterocycles. The number of aliphatic imine (C=N–C) groups is 1. The van der Waals surface area contributed by atoms with Gasteiger partial charge in [-0.15, -0.1) is 0 Å². The van der Waals surface area contributed by atoms with Crippen LogP contribution in [-0.2, 0) is 0 Å². The van der Waals surface area contributed by atoms with Gasteiger partial charge in [-0.3, -0.25) is 4.99 Å². The summed E-state index contributed by atoms with van der Waals surface area (Å²) in [5.41, 5.74) is 6.35. The molecule has 0 saturated heterocycles. The van der Waals surface area contributed by atoms with E-state index in [9.17, 15) is 0 Å². The van der Waals surface area contributed by atoms with Gasteiger partial charge in [-0.1, -0.05) is 71.6 Å².